The van der Waals surface area contributed by atoms with Gasteiger partial charge in [0, 0.05) is 37.4 Å². The lowest BCUT2D eigenvalue weighted by atomic mass is 10.1. The number of carbonyl (C=O) groups is 3. The van der Waals surface area contributed by atoms with E-state index in [1.807, 2.05) is 30.3 Å². The molecule has 0 aromatic heterocycles. The van der Waals surface area contributed by atoms with Crippen LogP contribution < -0.4 is 5.73 Å². The molecule has 0 spiro atoms. The minimum absolute atomic E-state index is 0.0413. The van der Waals surface area contributed by atoms with E-state index in [-0.39, 0.29) is 36.9 Å². The summed E-state index contributed by atoms with van der Waals surface area (Å²) < 4.78 is 26.7. The Balaban J connectivity index is 0.000000248. The molecule has 1 aliphatic heterocycles. The highest BCUT2D eigenvalue weighted by Gasteiger charge is 2.32. The first-order chi connectivity index (χ1) is 14.3. The number of amides is 2. The van der Waals surface area contributed by atoms with Crippen molar-refractivity contribution in [2.45, 2.75) is 44.7 Å². The van der Waals surface area contributed by atoms with Crippen molar-refractivity contribution in [1.82, 2.24) is 4.90 Å². The fraction of sp³-hybridized carbons (Fsp3) is 0.318. The maximum absolute atomic E-state index is 13.6. The summed E-state index contributed by atoms with van der Waals surface area (Å²) >= 11 is 0. The summed E-state index contributed by atoms with van der Waals surface area (Å²) in [6, 6.07) is 13.1. The highest BCUT2D eigenvalue weighted by Crippen LogP contribution is 2.25. The van der Waals surface area contributed by atoms with Gasteiger partial charge in [0.1, 0.15) is 0 Å². The molecule has 3 rings (SSSR count). The summed E-state index contributed by atoms with van der Waals surface area (Å²) in [5, 5.41) is 8.37. The number of rotatable bonds is 7. The van der Waals surface area contributed by atoms with Crippen molar-refractivity contribution in [3.63, 3.8) is 0 Å². The van der Waals surface area contributed by atoms with E-state index in [4.69, 9.17) is 10.8 Å². The standard InChI is InChI=1S/C13H14F2N2O2.C9H10O2/c14-10-3-1-2-8(13(10)15)7-17-9(6-11(16)18)4-5-12(17)19;10-9(11)7-6-8-4-2-1-3-5-8/h1-3,9H,4-7H2,(H2,16,18);1-5H,6-7H2,(H,10,11). The molecule has 1 heterocycles. The van der Waals surface area contributed by atoms with Gasteiger partial charge in [0.2, 0.25) is 11.8 Å². The van der Waals surface area contributed by atoms with Crippen LogP contribution in [0.3, 0.4) is 0 Å². The lowest BCUT2D eigenvalue weighted by molar-refractivity contribution is -0.137. The largest absolute Gasteiger partial charge is 0.481 e. The zero-order chi connectivity index (χ0) is 22.1. The molecule has 0 bridgehead atoms. The van der Waals surface area contributed by atoms with Crippen molar-refractivity contribution in [1.29, 1.82) is 0 Å². The van der Waals surface area contributed by atoms with Crippen LogP contribution in [0.5, 0.6) is 0 Å². The van der Waals surface area contributed by atoms with Gasteiger partial charge in [0.25, 0.3) is 0 Å². The summed E-state index contributed by atoms with van der Waals surface area (Å²) in [6.45, 7) is -0.0413. The van der Waals surface area contributed by atoms with Gasteiger partial charge in [-0.25, -0.2) is 8.78 Å². The summed E-state index contributed by atoms with van der Waals surface area (Å²) in [5.74, 6) is -3.33. The summed E-state index contributed by atoms with van der Waals surface area (Å²) in [5.41, 5.74) is 6.30. The van der Waals surface area contributed by atoms with E-state index in [9.17, 15) is 23.2 Å². The van der Waals surface area contributed by atoms with Gasteiger partial charge in [0.15, 0.2) is 11.6 Å². The Morgan fingerprint density at radius 2 is 1.80 bits per heavy atom. The second-order valence-corrected chi connectivity index (χ2v) is 6.98. The van der Waals surface area contributed by atoms with Gasteiger partial charge >= 0.3 is 5.97 Å². The topological polar surface area (TPSA) is 101 Å². The highest BCUT2D eigenvalue weighted by molar-refractivity contribution is 5.81. The lowest BCUT2D eigenvalue weighted by Gasteiger charge is -2.24. The van der Waals surface area contributed by atoms with Gasteiger partial charge in [-0.3, -0.25) is 14.4 Å². The smallest absolute Gasteiger partial charge is 0.303 e. The maximum Gasteiger partial charge on any atom is 0.303 e. The molecule has 2 amide bonds. The molecule has 1 saturated heterocycles. The van der Waals surface area contributed by atoms with Crippen LogP contribution in [0.2, 0.25) is 0 Å². The van der Waals surface area contributed by atoms with Crippen LogP contribution in [-0.4, -0.2) is 33.8 Å². The number of primary amides is 1. The fourth-order valence-corrected chi connectivity index (χ4v) is 3.20. The Kier molecular flexibility index (Phi) is 8.46. The van der Waals surface area contributed by atoms with Crippen molar-refractivity contribution in [3.05, 3.63) is 71.3 Å². The number of carbonyl (C=O) groups excluding carboxylic acids is 2. The number of aliphatic carboxylic acids is 1. The van der Waals surface area contributed by atoms with Crippen LogP contribution in [0.15, 0.2) is 48.5 Å². The van der Waals surface area contributed by atoms with E-state index >= 15 is 0 Å². The van der Waals surface area contributed by atoms with E-state index in [0.29, 0.717) is 19.3 Å². The Labute approximate surface area is 173 Å². The second-order valence-electron chi connectivity index (χ2n) is 6.98. The zero-order valence-corrected chi connectivity index (χ0v) is 16.4. The quantitative estimate of drug-likeness (QED) is 0.722. The van der Waals surface area contributed by atoms with Crippen LogP contribution in [0.25, 0.3) is 0 Å². The second kappa shape index (κ2) is 11.0. The molecular weight excluding hydrogens is 394 g/mol. The molecule has 2 aromatic rings. The van der Waals surface area contributed by atoms with E-state index < -0.39 is 23.5 Å². The van der Waals surface area contributed by atoms with Crippen LogP contribution in [-0.2, 0) is 27.3 Å². The molecule has 1 atom stereocenters. The zero-order valence-electron chi connectivity index (χ0n) is 16.4. The minimum atomic E-state index is -0.958. The van der Waals surface area contributed by atoms with E-state index in [0.717, 1.165) is 11.6 Å². The molecular formula is C22H24F2N2O4. The monoisotopic (exact) mass is 418 g/mol. The number of carboxylic acid groups (broad SMARTS) is 1. The van der Waals surface area contributed by atoms with Crippen LogP contribution in [0.1, 0.15) is 36.8 Å². The SMILES string of the molecule is NC(=O)CC1CCC(=O)N1Cc1cccc(F)c1F.O=C(O)CCc1ccccc1. The van der Waals surface area contributed by atoms with Crippen molar-refractivity contribution in [2.75, 3.05) is 0 Å². The Bertz CT molecular complexity index is 890. The Hall–Kier alpha value is -3.29. The van der Waals surface area contributed by atoms with Crippen molar-refractivity contribution >= 4 is 17.8 Å². The van der Waals surface area contributed by atoms with E-state index in [2.05, 4.69) is 0 Å². The first-order valence-corrected chi connectivity index (χ1v) is 9.54. The number of likely N-dealkylation sites (tertiary alicyclic amines) is 1. The molecule has 0 aliphatic carbocycles. The van der Waals surface area contributed by atoms with Crippen molar-refractivity contribution in [2.24, 2.45) is 5.73 Å². The highest BCUT2D eigenvalue weighted by atomic mass is 19.2. The lowest BCUT2D eigenvalue weighted by Crippen LogP contribution is -2.35. The Morgan fingerprint density at radius 3 is 2.43 bits per heavy atom. The third-order valence-electron chi connectivity index (χ3n) is 4.73. The van der Waals surface area contributed by atoms with Crippen molar-refractivity contribution < 1.29 is 28.3 Å². The average molecular weight is 418 g/mol. The van der Waals surface area contributed by atoms with Crippen LogP contribution in [0, 0.1) is 11.6 Å². The van der Waals surface area contributed by atoms with Crippen LogP contribution in [0.4, 0.5) is 8.78 Å². The third kappa shape index (κ3) is 6.95. The molecule has 8 heteroatoms. The molecule has 160 valence electrons. The molecule has 3 N–H and O–H groups in total. The first kappa shape index (κ1) is 23.0. The average Bonchev–Trinajstić information content (AvgIpc) is 3.04. The van der Waals surface area contributed by atoms with Crippen molar-refractivity contribution in [3.8, 4) is 0 Å². The molecule has 0 radical (unpaired) electrons. The molecule has 30 heavy (non-hydrogen) atoms. The number of carboxylic acids is 1. The van der Waals surface area contributed by atoms with Crippen LogP contribution >= 0.6 is 0 Å². The van der Waals surface area contributed by atoms with E-state index in [1.165, 1.54) is 17.0 Å². The predicted molar refractivity (Wildman–Crippen MR) is 106 cm³/mol. The molecule has 0 saturated carbocycles. The molecule has 2 aromatic carbocycles. The van der Waals surface area contributed by atoms with E-state index in [1.54, 1.807) is 0 Å². The number of nitrogens with zero attached hydrogens (tertiary/aromatic N) is 1. The normalized spacial score (nSPS) is 15.5. The number of aryl methyl sites for hydroxylation is 1. The van der Waals surface area contributed by atoms with Gasteiger partial charge in [-0.2, -0.15) is 0 Å². The third-order valence-corrected chi connectivity index (χ3v) is 4.73. The summed E-state index contributed by atoms with van der Waals surface area (Å²) in [6.07, 6.45) is 1.69. The van der Waals surface area contributed by atoms with Gasteiger partial charge < -0.3 is 15.7 Å². The molecule has 1 aliphatic rings. The summed E-state index contributed by atoms with van der Waals surface area (Å²) in [4.78, 5) is 34.2. The predicted octanol–water partition coefficient (Wildman–Crippen LogP) is 3.04. The number of halogens is 2. The Morgan fingerprint density at radius 1 is 1.10 bits per heavy atom. The molecule has 1 fully saturated rings. The van der Waals surface area contributed by atoms with Gasteiger partial charge in [-0.15, -0.1) is 0 Å². The van der Waals surface area contributed by atoms with Gasteiger partial charge in [0.05, 0.1) is 0 Å². The maximum atomic E-state index is 13.6. The van der Waals surface area contributed by atoms with Gasteiger partial charge in [-0.05, 0) is 24.5 Å². The minimum Gasteiger partial charge on any atom is -0.481 e. The van der Waals surface area contributed by atoms with Gasteiger partial charge in [-0.1, -0.05) is 42.5 Å². The molecule has 1 unspecified atom stereocenters. The first-order valence-electron chi connectivity index (χ1n) is 9.54. The summed E-state index contributed by atoms with van der Waals surface area (Å²) in [7, 11) is 0. The number of nitrogens with two attached hydrogens (primary N) is 1. The fourth-order valence-electron chi connectivity index (χ4n) is 3.20. The number of hydrogen-bond acceptors (Lipinski definition) is 3. The number of benzene rings is 2. The molecule has 6 nitrogen and oxygen atoms in total. The number of hydrogen-bond donors (Lipinski definition) is 2.